The molecule has 1 aromatic carbocycles. The smallest absolute Gasteiger partial charge is 0.0458 e. The predicted molar refractivity (Wildman–Crippen MR) is 79.7 cm³/mol. The molecule has 2 rings (SSSR count). The molecule has 0 amide bonds. The molecule has 0 aliphatic heterocycles. The first-order chi connectivity index (χ1) is 8.53. The van der Waals surface area contributed by atoms with Gasteiger partial charge in [0.15, 0.2) is 0 Å². The van der Waals surface area contributed by atoms with E-state index in [0.29, 0.717) is 11.1 Å². The van der Waals surface area contributed by atoms with Crippen LogP contribution in [0.2, 0.25) is 10.0 Å². The molecule has 0 atom stereocenters. The third-order valence-corrected chi connectivity index (χ3v) is 4.46. The number of hydrogen-bond donors (Lipinski definition) is 1. The summed E-state index contributed by atoms with van der Waals surface area (Å²) < 4.78 is 0. The highest BCUT2D eigenvalue weighted by Crippen LogP contribution is 2.44. The fraction of sp³-hybridized carbons (Fsp3) is 0.600. The van der Waals surface area contributed by atoms with Crippen molar-refractivity contribution < 1.29 is 0 Å². The third-order valence-electron chi connectivity index (χ3n) is 3.91. The van der Waals surface area contributed by atoms with Gasteiger partial charge in [0.2, 0.25) is 0 Å². The average molecular weight is 286 g/mol. The van der Waals surface area contributed by atoms with Gasteiger partial charge < -0.3 is 5.32 Å². The van der Waals surface area contributed by atoms with Crippen molar-refractivity contribution in [3.05, 3.63) is 33.8 Å². The van der Waals surface area contributed by atoms with Crippen LogP contribution >= 0.6 is 23.2 Å². The van der Waals surface area contributed by atoms with E-state index in [2.05, 4.69) is 25.2 Å². The van der Waals surface area contributed by atoms with Crippen molar-refractivity contribution in [3.63, 3.8) is 0 Å². The zero-order chi connectivity index (χ0) is 13.2. The first-order valence-corrected chi connectivity index (χ1v) is 7.48. The van der Waals surface area contributed by atoms with E-state index >= 15 is 0 Å². The van der Waals surface area contributed by atoms with Crippen molar-refractivity contribution >= 4 is 23.2 Å². The minimum atomic E-state index is 0.200. The van der Waals surface area contributed by atoms with Gasteiger partial charge in [0, 0.05) is 28.0 Å². The van der Waals surface area contributed by atoms with Gasteiger partial charge in [-0.2, -0.15) is 0 Å². The average Bonchev–Trinajstić information content (AvgIpc) is 2.76. The third kappa shape index (κ3) is 3.01. The Hall–Kier alpha value is -0.240. The summed E-state index contributed by atoms with van der Waals surface area (Å²) in [5.74, 6) is 0. The van der Waals surface area contributed by atoms with E-state index in [1.165, 1.54) is 31.2 Å². The molecule has 0 bridgehead atoms. The Bertz CT molecular complexity index is 409. The summed E-state index contributed by atoms with van der Waals surface area (Å²) in [5, 5.41) is 5.11. The standard InChI is InChI=1S/C15H21Cl2N/c1-11(2)18-10-15(7-3-4-8-15)13-6-5-12(16)9-14(13)17/h5-6,9,11,18H,3-4,7-8,10H2,1-2H3. The van der Waals surface area contributed by atoms with Crippen LogP contribution in [0.3, 0.4) is 0 Å². The Kier molecular flexibility index (Phi) is 4.58. The summed E-state index contributed by atoms with van der Waals surface area (Å²) in [7, 11) is 0. The van der Waals surface area contributed by atoms with Gasteiger partial charge in [0.05, 0.1) is 0 Å². The van der Waals surface area contributed by atoms with Crippen LogP contribution in [0.5, 0.6) is 0 Å². The molecule has 1 nitrogen and oxygen atoms in total. The second-order valence-electron chi connectivity index (χ2n) is 5.65. The zero-order valence-corrected chi connectivity index (χ0v) is 12.6. The highest BCUT2D eigenvalue weighted by molar-refractivity contribution is 6.35. The molecule has 0 radical (unpaired) electrons. The maximum Gasteiger partial charge on any atom is 0.0458 e. The lowest BCUT2D eigenvalue weighted by Gasteiger charge is -2.32. The molecule has 0 spiro atoms. The molecule has 1 aliphatic rings. The van der Waals surface area contributed by atoms with Crippen LogP contribution in [0.4, 0.5) is 0 Å². The summed E-state index contributed by atoms with van der Waals surface area (Å²) in [5.41, 5.74) is 1.46. The van der Waals surface area contributed by atoms with Gasteiger partial charge in [-0.1, -0.05) is 56.0 Å². The summed E-state index contributed by atoms with van der Waals surface area (Å²) in [4.78, 5) is 0. The molecule has 1 N–H and O–H groups in total. The Morgan fingerprint density at radius 3 is 2.44 bits per heavy atom. The Morgan fingerprint density at radius 2 is 1.89 bits per heavy atom. The largest absolute Gasteiger partial charge is 0.314 e. The highest BCUT2D eigenvalue weighted by atomic mass is 35.5. The van der Waals surface area contributed by atoms with Gasteiger partial charge >= 0.3 is 0 Å². The van der Waals surface area contributed by atoms with Gasteiger partial charge in [-0.15, -0.1) is 0 Å². The monoisotopic (exact) mass is 285 g/mol. The van der Waals surface area contributed by atoms with Gasteiger partial charge in [-0.05, 0) is 30.5 Å². The molecule has 18 heavy (non-hydrogen) atoms. The van der Waals surface area contributed by atoms with Gasteiger partial charge in [-0.25, -0.2) is 0 Å². The zero-order valence-electron chi connectivity index (χ0n) is 11.1. The number of nitrogens with one attached hydrogen (secondary N) is 1. The van der Waals surface area contributed by atoms with Crippen molar-refractivity contribution in [2.45, 2.75) is 51.0 Å². The maximum absolute atomic E-state index is 6.40. The van der Waals surface area contributed by atoms with Gasteiger partial charge in [-0.3, -0.25) is 0 Å². The van der Waals surface area contributed by atoms with E-state index < -0.39 is 0 Å². The molecular formula is C15H21Cl2N. The van der Waals surface area contributed by atoms with Crippen molar-refractivity contribution in [2.24, 2.45) is 0 Å². The second kappa shape index (κ2) is 5.81. The normalized spacial score (nSPS) is 18.5. The summed E-state index contributed by atoms with van der Waals surface area (Å²) in [6.07, 6.45) is 5.01. The predicted octanol–water partition coefficient (Wildman–Crippen LogP) is 4.80. The van der Waals surface area contributed by atoms with Gasteiger partial charge in [0.1, 0.15) is 0 Å². The first kappa shape index (κ1) is 14.2. The summed E-state index contributed by atoms with van der Waals surface area (Å²) >= 11 is 12.4. The maximum atomic E-state index is 6.40. The Morgan fingerprint density at radius 1 is 1.22 bits per heavy atom. The van der Waals surface area contributed by atoms with Crippen molar-refractivity contribution in [1.29, 1.82) is 0 Å². The molecule has 0 saturated heterocycles. The highest BCUT2D eigenvalue weighted by Gasteiger charge is 2.36. The minimum Gasteiger partial charge on any atom is -0.314 e. The summed E-state index contributed by atoms with van der Waals surface area (Å²) in [6, 6.07) is 6.44. The van der Waals surface area contributed by atoms with Crippen LogP contribution in [-0.2, 0) is 5.41 Å². The number of halogens is 2. The first-order valence-electron chi connectivity index (χ1n) is 6.72. The van der Waals surface area contributed by atoms with E-state index in [0.717, 1.165) is 11.6 Å². The molecular weight excluding hydrogens is 265 g/mol. The molecule has 3 heteroatoms. The van der Waals surface area contributed by atoms with Crippen LogP contribution in [0.15, 0.2) is 18.2 Å². The molecule has 1 fully saturated rings. The Labute approximate surface area is 120 Å². The topological polar surface area (TPSA) is 12.0 Å². The van der Waals surface area contributed by atoms with Crippen LogP contribution in [0.1, 0.15) is 45.1 Å². The number of hydrogen-bond acceptors (Lipinski definition) is 1. The SMILES string of the molecule is CC(C)NCC1(c2ccc(Cl)cc2Cl)CCCC1. The second-order valence-corrected chi connectivity index (χ2v) is 6.49. The molecule has 1 saturated carbocycles. The fourth-order valence-electron chi connectivity index (χ4n) is 2.91. The lowest BCUT2D eigenvalue weighted by Crippen LogP contribution is -2.39. The minimum absolute atomic E-state index is 0.200. The Balaban J connectivity index is 2.28. The quantitative estimate of drug-likeness (QED) is 0.838. The van der Waals surface area contributed by atoms with Crippen LogP contribution in [0, 0.1) is 0 Å². The van der Waals surface area contributed by atoms with E-state index in [9.17, 15) is 0 Å². The lowest BCUT2D eigenvalue weighted by atomic mass is 9.78. The lowest BCUT2D eigenvalue weighted by molar-refractivity contribution is 0.387. The molecule has 0 heterocycles. The molecule has 1 aromatic rings. The van der Waals surface area contributed by atoms with Crippen LogP contribution in [0.25, 0.3) is 0 Å². The molecule has 100 valence electrons. The van der Waals surface area contributed by atoms with Crippen LogP contribution < -0.4 is 5.32 Å². The van der Waals surface area contributed by atoms with Crippen LogP contribution in [-0.4, -0.2) is 12.6 Å². The number of benzene rings is 1. The van der Waals surface area contributed by atoms with Crippen molar-refractivity contribution in [2.75, 3.05) is 6.54 Å². The summed E-state index contributed by atoms with van der Waals surface area (Å²) in [6.45, 7) is 5.38. The fourth-order valence-corrected chi connectivity index (χ4v) is 3.52. The number of rotatable bonds is 4. The molecule has 1 aliphatic carbocycles. The van der Waals surface area contributed by atoms with E-state index in [-0.39, 0.29) is 5.41 Å². The van der Waals surface area contributed by atoms with E-state index in [4.69, 9.17) is 23.2 Å². The van der Waals surface area contributed by atoms with Crippen molar-refractivity contribution in [1.82, 2.24) is 5.32 Å². The van der Waals surface area contributed by atoms with Gasteiger partial charge in [0.25, 0.3) is 0 Å². The molecule has 0 unspecified atom stereocenters. The van der Waals surface area contributed by atoms with Crippen molar-refractivity contribution in [3.8, 4) is 0 Å². The molecule has 0 aromatic heterocycles. The van der Waals surface area contributed by atoms with E-state index in [1.807, 2.05) is 12.1 Å². The van der Waals surface area contributed by atoms with E-state index in [1.54, 1.807) is 0 Å².